The number of hydrogen-bond acceptors (Lipinski definition) is 6. The molecule has 0 saturated carbocycles. The molecule has 1 unspecified atom stereocenters. The van der Waals surface area contributed by atoms with Crippen LogP contribution in [0.3, 0.4) is 0 Å². The molecule has 0 aliphatic carbocycles. The van der Waals surface area contributed by atoms with Crippen LogP contribution in [0, 0.1) is 13.8 Å². The molecule has 114 valence electrons. The molecule has 2 aromatic rings. The molecule has 2 heterocycles. The SMILES string of the molecule is Cc1noc(C)c1C(C)Nc1cnn(CCO)c(=O)c1Br. The van der Waals surface area contributed by atoms with Crippen LogP contribution in [-0.4, -0.2) is 26.7 Å². The summed E-state index contributed by atoms with van der Waals surface area (Å²) in [5, 5.41) is 20.0. The van der Waals surface area contributed by atoms with Crippen LogP contribution in [0.4, 0.5) is 5.69 Å². The van der Waals surface area contributed by atoms with E-state index in [4.69, 9.17) is 9.63 Å². The molecule has 0 radical (unpaired) electrons. The highest BCUT2D eigenvalue weighted by molar-refractivity contribution is 9.10. The fourth-order valence-corrected chi connectivity index (χ4v) is 2.65. The number of nitrogens with zero attached hydrogens (tertiary/aromatic N) is 3. The molecule has 8 heteroatoms. The summed E-state index contributed by atoms with van der Waals surface area (Å²) in [4.78, 5) is 12.1. The Balaban J connectivity index is 2.28. The van der Waals surface area contributed by atoms with Crippen molar-refractivity contribution < 1.29 is 9.63 Å². The summed E-state index contributed by atoms with van der Waals surface area (Å²) < 4.78 is 6.73. The van der Waals surface area contributed by atoms with Gasteiger partial charge in [-0.1, -0.05) is 5.16 Å². The van der Waals surface area contributed by atoms with Crippen LogP contribution in [0.1, 0.15) is 30.0 Å². The molecular formula is C13H17BrN4O3. The Labute approximate surface area is 130 Å². The van der Waals surface area contributed by atoms with Crippen LogP contribution in [0.25, 0.3) is 0 Å². The summed E-state index contributed by atoms with van der Waals surface area (Å²) in [5.41, 5.74) is 2.06. The lowest BCUT2D eigenvalue weighted by Gasteiger charge is -2.16. The standard InChI is InChI=1S/C13H17BrN4O3/c1-7(11-8(2)17-21-9(11)3)16-10-6-15-18(4-5-19)13(20)12(10)14/h6-7,16,19H,4-5H2,1-3H3. The van der Waals surface area contributed by atoms with E-state index in [2.05, 4.69) is 31.5 Å². The van der Waals surface area contributed by atoms with Gasteiger partial charge in [0, 0.05) is 5.56 Å². The maximum atomic E-state index is 12.1. The second-order valence-electron chi connectivity index (χ2n) is 4.73. The van der Waals surface area contributed by atoms with Gasteiger partial charge in [-0.25, -0.2) is 4.68 Å². The number of hydrogen-bond donors (Lipinski definition) is 2. The van der Waals surface area contributed by atoms with E-state index in [1.165, 1.54) is 4.68 Å². The zero-order valence-corrected chi connectivity index (χ0v) is 13.6. The Morgan fingerprint density at radius 2 is 2.24 bits per heavy atom. The molecule has 0 saturated heterocycles. The first kappa shape index (κ1) is 15.7. The number of halogens is 1. The average molecular weight is 357 g/mol. The summed E-state index contributed by atoms with van der Waals surface area (Å²) in [5.74, 6) is 0.741. The third-order valence-electron chi connectivity index (χ3n) is 3.19. The van der Waals surface area contributed by atoms with Crippen LogP contribution in [-0.2, 0) is 6.54 Å². The zero-order valence-electron chi connectivity index (χ0n) is 12.1. The van der Waals surface area contributed by atoms with Gasteiger partial charge in [-0.15, -0.1) is 0 Å². The Morgan fingerprint density at radius 1 is 1.52 bits per heavy atom. The first-order valence-corrected chi connectivity index (χ1v) is 7.30. The minimum absolute atomic E-state index is 0.0811. The minimum atomic E-state index is -0.292. The maximum Gasteiger partial charge on any atom is 0.283 e. The van der Waals surface area contributed by atoms with Crippen LogP contribution in [0.2, 0.25) is 0 Å². The Hall–Kier alpha value is -1.67. The normalized spacial score (nSPS) is 12.4. The highest BCUT2D eigenvalue weighted by Gasteiger charge is 2.18. The molecule has 0 aromatic carbocycles. The van der Waals surface area contributed by atoms with E-state index in [0.717, 1.165) is 17.0 Å². The number of aryl methyl sites for hydroxylation is 2. The van der Waals surface area contributed by atoms with E-state index in [1.54, 1.807) is 6.20 Å². The molecule has 0 spiro atoms. The smallest absolute Gasteiger partial charge is 0.283 e. The van der Waals surface area contributed by atoms with E-state index in [-0.39, 0.29) is 24.8 Å². The van der Waals surface area contributed by atoms with E-state index in [0.29, 0.717) is 10.2 Å². The lowest BCUT2D eigenvalue weighted by atomic mass is 10.1. The summed E-state index contributed by atoms with van der Waals surface area (Å²) in [6.07, 6.45) is 1.55. The van der Waals surface area contributed by atoms with Gasteiger partial charge < -0.3 is 14.9 Å². The van der Waals surface area contributed by atoms with Gasteiger partial charge in [0.05, 0.1) is 36.8 Å². The number of aliphatic hydroxyl groups excluding tert-OH is 1. The fraction of sp³-hybridized carbons (Fsp3) is 0.462. The monoisotopic (exact) mass is 356 g/mol. The van der Waals surface area contributed by atoms with Crippen molar-refractivity contribution in [2.45, 2.75) is 33.4 Å². The van der Waals surface area contributed by atoms with Crippen LogP contribution >= 0.6 is 15.9 Å². The molecule has 0 aliphatic heterocycles. The van der Waals surface area contributed by atoms with Gasteiger partial charge in [0.25, 0.3) is 5.56 Å². The topological polar surface area (TPSA) is 93.2 Å². The second-order valence-corrected chi connectivity index (χ2v) is 5.52. The lowest BCUT2D eigenvalue weighted by Crippen LogP contribution is -2.26. The number of anilines is 1. The van der Waals surface area contributed by atoms with E-state index in [1.807, 2.05) is 20.8 Å². The van der Waals surface area contributed by atoms with Crippen LogP contribution in [0.5, 0.6) is 0 Å². The second kappa shape index (κ2) is 6.40. The van der Waals surface area contributed by atoms with Gasteiger partial charge in [0.15, 0.2) is 0 Å². The van der Waals surface area contributed by atoms with Crippen molar-refractivity contribution in [3.63, 3.8) is 0 Å². The number of nitrogens with one attached hydrogen (secondary N) is 1. The van der Waals surface area contributed by atoms with Gasteiger partial charge in [0.2, 0.25) is 0 Å². The van der Waals surface area contributed by atoms with Crippen molar-refractivity contribution in [3.8, 4) is 0 Å². The van der Waals surface area contributed by atoms with Crippen molar-refractivity contribution in [1.29, 1.82) is 0 Å². The fourth-order valence-electron chi connectivity index (χ4n) is 2.23. The predicted molar refractivity (Wildman–Crippen MR) is 81.3 cm³/mol. The lowest BCUT2D eigenvalue weighted by molar-refractivity contribution is 0.266. The third-order valence-corrected chi connectivity index (χ3v) is 3.96. The summed E-state index contributed by atoms with van der Waals surface area (Å²) in [7, 11) is 0. The van der Waals surface area contributed by atoms with Gasteiger partial charge in [-0.05, 0) is 36.7 Å². The maximum absolute atomic E-state index is 12.1. The third kappa shape index (κ3) is 3.16. The Bertz CT molecular complexity index is 676. The number of aliphatic hydroxyl groups is 1. The molecule has 21 heavy (non-hydrogen) atoms. The molecule has 0 amide bonds. The highest BCUT2D eigenvalue weighted by Crippen LogP contribution is 2.26. The van der Waals surface area contributed by atoms with Crippen LogP contribution in [0.15, 0.2) is 20.0 Å². The van der Waals surface area contributed by atoms with Gasteiger partial charge in [-0.2, -0.15) is 5.10 Å². The quantitative estimate of drug-likeness (QED) is 0.847. The summed E-state index contributed by atoms with van der Waals surface area (Å²) in [6.45, 7) is 5.70. The Kier molecular flexibility index (Phi) is 4.79. The van der Waals surface area contributed by atoms with Gasteiger partial charge >= 0.3 is 0 Å². The highest BCUT2D eigenvalue weighted by atomic mass is 79.9. The molecular weight excluding hydrogens is 340 g/mol. The van der Waals surface area contributed by atoms with E-state index < -0.39 is 0 Å². The van der Waals surface area contributed by atoms with Gasteiger partial charge in [0.1, 0.15) is 10.2 Å². The van der Waals surface area contributed by atoms with Gasteiger partial charge in [-0.3, -0.25) is 4.79 Å². The minimum Gasteiger partial charge on any atom is -0.394 e. The van der Waals surface area contributed by atoms with Crippen molar-refractivity contribution in [3.05, 3.63) is 38.0 Å². The van der Waals surface area contributed by atoms with Crippen molar-refractivity contribution in [1.82, 2.24) is 14.9 Å². The predicted octanol–water partition coefficient (Wildman–Crippen LogP) is 1.78. The first-order valence-electron chi connectivity index (χ1n) is 6.51. The molecule has 1 atom stereocenters. The molecule has 0 aliphatic rings. The zero-order chi connectivity index (χ0) is 15.6. The first-order chi connectivity index (χ1) is 9.95. The molecule has 0 bridgehead atoms. The molecule has 7 nitrogen and oxygen atoms in total. The van der Waals surface area contributed by atoms with Crippen molar-refractivity contribution in [2.75, 3.05) is 11.9 Å². The summed E-state index contributed by atoms with van der Waals surface area (Å²) in [6, 6.07) is -0.0811. The molecule has 2 rings (SSSR count). The summed E-state index contributed by atoms with van der Waals surface area (Å²) >= 11 is 3.27. The molecule has 0 fully saturated rings. The molecule has 2 aromatic heterocycles. The number of rotatable bonds is 5. The Morgan fingerprint density at radius 3 is 2.81 bits per heavy atom. The molecule has 2 N–H and O–H groups in total. The van der Waals surface area contributed by atoms with E-state index >= 15 is 0 Å². The van der Waals surface area contributed by atoms with Crippen LogP contribution < -0.4 is 10.9 Å². The van der Waals surface area contributed by atoms with Crippen molar-refractivity contribution in [2.24, 2.45) is 0 Å². The number of aromatic nitrogens is 3. The largest absolute Gasteiger partial charge is 0.394 e. The average Bonchev–Trinajstić information content (AvgIpc) is 2.78. The van der Waals surface area contributed by atoms with E-state index in [9.17, 15) is 4.79 Å². The van der Waals surface area contributed by atoms with Crippen molar-refractivity contribution >= 4 is 21.6 Å².